The van der Waals surface area contributed by atoms with Gasteiger partial charge < -0.3 is 20.5 Å². The second-order valence-corrected chi connectivity index (χ2v) is 6.71. The van der Waals surface area contributed by atoms with Gasteiger partial charge in [-0.05, 0) is 31.0 Å². The van der Waals surface area contributed by atoms with Gasteiger partial charge in [-0.1, -0.05) is 30.9 Å². The zero-order valence-corrected chi connectivity index (χ0v) is 15.1. The Balaban J connectivity index is 1.85. The smallest absolute Gasteiger partial charge is 0.308 e. The van der Waals surface area contributed by atoms with E-state index in [1.54, 1.807) is 25.3 Å². The molecule has 0 radical (unpaired) electrons. The third-order valence-electron chi connectivity index (χ3n) is 4.51. The summed E-state index contributed by atoms with van der Waals surface area (Å²) in [5, 5.41) is 16.0. The van der Waals surface area contributed by atoms with Crippen molar-refractivity contribution in [2.75, 3.05) is 19.0 Å². The molecule has 0 spiro atoms. The topological polar surface area (TPSA) is 87.7 Å². The zero-order valence-electron chi connectivity index (χ0n) is 14.4. The van der Waals surface area contributed by atoms with E-state index in [1.165, 1.54) is 0 Å². The van der Waals surface area contributed by atoms with E-state index in [9.17, 15) is 14.7 Å². The Morgan fingerprint density at radius 1 is 1.28 bits per heavy atom. The SMILES string of the molecule is COc1ccc(Cl)cc1NCCC(=O)N[C@H]1CCCCC[C@H]1C(=O)O. The fraction of sp³-hybridized carbons (Fsp3) is 0.556. The molecule has 25 heavy (non-hydrogen) atoms. The standard InChI is InChI=1S/C18H25ClN2O4/c1-25-16-8-7-12(19)11-15(16)20-10-9-17(22)21-14-6-4-2-3-5-13(14)18(23)24/h7-8,11,13-14,20H,2-6,9-10H2,1H3,(H,21,22)(H,23,24)/t13-,14+/m1/s1. The van der Waals surface area contributed by atoms with Gasteiger partial charge in [-0.2, -0.15) is 0 Å². The number of carboxylic acids is 1. The number of anilines is 1. The molecule has 138 valence electrons. The van der Waals surface area contributed by atoms with E-state index in [1.807, 2.05) is 0 Å². The van der Waals surface area contributed by atoms with Crippen LogP contribution in [0.5, 0.6) is 5.75 Å². The molecule has 1 fully saturated rings. The summed E-state index contributed by atoms with van der Waals surface area (Å²) in [6.07, 6.45) is 4.47. The first-order valence-corrected chi connectivity index (χ1v) is 8.98. The summed E-state index contributed by atoms with van der Waals surface area (Å²) in [6, 6.07) is 4.95. The van der Waals surface area contributed by atoms with Crippen LogP contribution in [0.25, 0.3) is 0 Å². The molecule has 1 aromatic carbocycles. The van der Waals surface area contributed by atoms with Crippen molar-refractivity contribution < 1.29 is 19.4 Å². The molecule has 1 saturated carbocycles. The van der Waals surface area contributed by atoms with Crippen molar-refractivity contribution in [1.29, 1.82) is 0 Å². The van der Waals surface area contributed by atoms with Gasteiger partial charge in [-0.3, -0.25) is 9.59 Å². The fourth-order valence-corrected chi connectivity index (χ4v) is 3.36. The minimum absolute atomic E-state index is 0.147. The third kappa shape index (κ3) is 5.81. The van der Waals surface area contributed by atoms with Gasteiger partial charge in [-0.25, -0.2) is 0 Å². The van der Waals surface area contributed by atoms with Crippen LogP contribution >= 0.6 is 11.6 Å². The monoisotopic (exact) mass is 368 g/mol. The highest BCUT2D eigenvalue weighted by atomic mass is 35.5. The summed E-state index contributed by atoms with van der Waals surface area (Å²) in [5.41, 5.74) is 0.723. The summed E-state index contributed by atoms with van der Waals surface area (Å²) in [7, 11) is 1.57. The second-order valence-electron chi connectivity index (χ2n) is 6.28. The van der Waals surface area contributed by atoms with Crippen LogP contribution in [-0.2, 0) is 9.59 Å². The molecule has 0 aliphatic heterocycles. The Hall–Kier alpha value is -1.95. The van der Waals surface area contributed by atoms with Gasteiger partial charge >= 0.3 is 5.97 Å². The lowest BCUT2D eigenvalue weighted by Gasteiger charge is -2.23. The van der Waals surface area contributed by atoms with E-state index < -0.39 is 11.9 Å². The molecule has 7 heteroatoms. The highest BCUT2D eigenvalue weighted by Gasteiger charge is 2.30. The lowest BCUT2D eigenvalue weighted by atomic mass is 9.95. The van der Waals surface area contributed by atoms with Gasteiger partial charge in [-0.15, -0.1) is 0 Å². The lowest BCUT2D eigenvalue weighted by molar-refractivity contribution is -0.143. The molecule has 0 saturated heterocycles. The van der Waals surface area contributed by atoms with Gasteiger partial charge in [0, 0.05) is 24.0 Å². The first-order chi connectivity index (χ1) is 12.0. The molecule has 0 unspecified atom stereocenters. The molecule has 1 amide bonds. The van der Waals surface area contributed by atoms with Crippen molar-refractivity contribution in [2.45, 2.75) is 44.6 Å². The Bertz CT molecular complexity index is 609. The maximum atomic E-state index is 12.2. The summed E-state index contributed by atoms with van der Waals surface area (Å²) < 4.78 is 5.25. The summed E-state index contributed by atoms with van der Waals surface area (Å²) in [5.74, 6) is -0.812. The molecule has 0 heterocycles. The largest absolute Gasteiger partial charge is 0.495 e. The highest BCUT2D eigenvalue weighted by Crippen LogP contribution is 2.27. The number of nitrogens with one attached hydrogen (secondary N) is 2. The number of amides is 1. The summed E-state index contributed by atoms with van der Waals surface area (Å²) in [4.78, 5) is 23.6. The van der Waals surface area contributed by atoms with E-state index in [0.29, 0.717) is 23.7 Å². The summed E-state index contributed by atoms with van der Waals surface area (Å²) in [6.45, 7) is 0.410. The molecule has 1 aliphatic rings. The van der Waals surface area contributed by atoms with Crippen LogP contribution in [-0.4, -0.2) is 36.7 Å². The predicted molar refractivity (Wildman–Crippen MR) is 97.3 cm³/mol. The van der Waals surface area contributed by atoms with Gasteiger partial charge in [0.15, 0.2) is 0 Å². The van der Waals surface area contributed by atoms with E-state index in [0.717, 1.165) is 31.4 Å². The Kier molecular flexibility index (Phi) is 7.37. The van der Waals surface area contributed by atoms with Crippen molar-refractivity contribution in [3.05, 3.63) is 23.2 Å². The third-order valence-corrected chi connectivity index (χ3v) is 4.74. The normalized spacial score (nSPS) is 20.4. The number of hydrogen-bond donors (Lipinski definition) is 3. The van der Waals surface area contributed by atoms with Crippen LogP contribution in [0.2, 0.25) is 5.02 Å². The molecule has 0 aromatic heterocycles. The van der Waals surface area contributed by atoms with Crippen molar-refractivity contribution in [1.82, 2.24) is 5.32 Å². The number of carboxylic acid groups (broad SMARTS) is 1. The number of rotatable bonds is 7. The minimum atomic E-state index is -0.825. The number of halogens is 1. The van der Waals surface area contributed by atoms with Crippen LogP contribution in [0, 0.1) is 5.92 Å². The van der Waals surface area contributed by atoms with Crippen LogP contribution in [0.3, 0.4) is 0 Å². The molecule has 6 nitrogen and oxygen atoms in total. The fourth-order valence-electron chi connectivity index (χ4n) is 3.18. The Morgan fingerprint density at radius 2 is 2.04 bits per heavy atom. The molecule has 3 N–H and O–H groups in total. The van der Waals surface area contributed by atoms with Crippen LogP contribution < -0.4 is 15.4 Å². The predicted octanol–water partition coefficient (Wildman–Crippen LogP) is 3.30. The van der Waals surface area contributed by atoms with Gasteiger partial charge in [0.05, 0.1) is 18.7 Å². The number of hydrogen-bond acceptors (Lipinski definition) is 4. The molecule has 1 aromatic rings. The summed E-state index contributed by atoms with van der Waals surface area (Å²) >= 11 is 5.97. The quantitative estimate of drug-likeness (QED) is 0.643. The van der Waals surface area contributed by atoms with Crippen LogP contribution in [0.1, 0.15) is 38.5 Å². The number of ether oxygens (including phenoxy) is 1. The van der Waals surface area contributed by atoms with E-state index >= 15 is 0 Å². The average molecular weight is 369 g/mol. The highest BCUT2D eigenvalue weighted by molar-refractivity contribution is 6.30. The van der Waals surface area contributed by atoms with Gasteiger partial charge in [0.25, 0.3) is 0 Å². The molecular formula is C18H25ClN2O4. The van der Waals surface area contributed by atoms with Gasteiger partial charge in [0.1, 0.15) is 5.75 Å². The molecule has 1 aliphatic carbocycles. The molecule has 2 atom stereocenters. The molecular weight excluding hydrogens is 344 g/mol. The number of aliphatic carboxylic acids is 1. The van der Waals surface area contributed by atoms with Crippen molar-refractivity contribution in [2.24, 2.45) is 5.92 Å². The van der Waals surface area contributed by atoms with E-state index in [2.05, 4.69) is 10.6 Å². The maximum absolute atomic E-state index is 12.2. The van der Waals surface area contributed by atoms with Crippen molar-refractivity contribution in [3.63, 3.8) is 0 Å². The maximum Gasteiger partial charge on any atom is 0.308 e. The minimum Gasteiger partial charge on any atom is -0.495 e. The van der Waals surface area contributed by atoms with Crippen LogP contribution in [0.15, 0.2) is 18.2 Å². The molecule has 0 bridgehead atoms. The van der Waals surface area contributed by atoms with E-state index in [-0.39, 0.29) is 18.4 Å². The first kappa shape index (κ1) is 19.4. The van der Waals surface area contributed by atoms with Crippen molar-refractivity contribution in [3.8, 4) is 5.75 Å². The second kappa shape index (κ2) is 9.51. The zero-order chi connectivity index (χ0) is 18.2. The first-order valence-electron chi connectivity index (χ1n) is 8.61. The lowest BCUT2D eigenvalue weighted by Crippen LogP contribution is -2.43. The Labute approximate surface area is 152 Å². The van der Waals surface area contributed by atoms with E-state index in [4.69, 9.17) is 16.3 Å². The number of carbonyl (C=O) groups excluding carboxylic acids is 1. The van der Waals surface area contributed by atoms with Gasteiger partial charge in [0.2, 0.25) is 5.91 Å². The number of methoxy groups -OCH3 is 1. The number of benzene rings is 1. The molecule has 2 rings (SSSR count). The van der Waals surface area contributed by atoms with Crippen molar-refractivity contribution >= 4 is 29.2 Å². The number of carbonyl (C=O) groups is 2. The average Bonchev–Trinajstić information content (AvgIpc) is 2.80. The Morgan fingerprint density at radius 3 is 2.76 bits per heavy atom. The van der Waals surface area contributed by atoms with Crippen LogP contribution in [0.4, 0.5) is 5.69 Å².